The monoisotopic (exact) mass is 211 g/mol. The van der Waals surface area contributed by atoms with Gasteiger partial charge in [0.1, 0.15) is 12.0 Å². The van der Waals surface area contributed by atoms with Crippen LogP contribution in [0.5, 0.6) is 0 Å². The predicted octanol–water partition coefficient (Wildman–Crippen LogP) is 0.661. The van der Waals surface area contributed by atoms with Crippen LogP contribution in [0.15, 0.2) is 18.6 Å². The van der Waals surface area contributed by atoms with Crippen molar-refractivity contribution in [3.05, 3.63) is 24.3 Å². The second-order valence-electron chi connectivity index (χ2n) is 2.92. The first-order chi connectivity index (χ1) is 7.29. The van der Waals surface area contributed by atoms with E-state index >= 15 is 0 Å². The number of hydrogen-bond donors (Lipinski definition) is 1. The maximum atomic E-state index is 5.70. The molecule has 1 aromatic rings. The summed E-state index contributed by atoms with van der Waals surface area (Å²) in [6.45, 7) is 5.04. The Kier molecular flexibility index (Phi) is 4.61. The average Bonchev–Trinajstić information content (AvgIpc) is 2.30. The van der Waals surface area contributed by atoms with Crippen LogP contribution in [0, 0.1) is 0 Å². The zero-order valence-corrected chi connectivity index (χ0v) is 9.14. The highest BCUT2D eigenvalue weighted by molar-refractivity contribution is 5.07. The van der Waals surface area contributed by atoms with Crippen molar-refractivity contribution in [2.75, 3.05) is 19.8 Å². The van der Waals surface area contributed by atoms with Crippen molar-refractivity contribution in [1.29, 1.82) is 0 Å². The van der Waals surface area contributed by atoms with Gasteiger partial charge in [-0.15, -0.1) is 0 Å². The van der Waals surface area contributed by atoms with Crippen molar-refractivity contribution >= 4 is 0 Å². The van der Waals surface area contributed by atoms with Gasteiger partial charge >= 0.3 is 0 Å². The summed E-state index contributed by atoms with van der Waals surface area (Å²) in [6.07, 6.45) is 3.10. The Morgan fingerprint density at radius 3 is 2.40 bits per heavy atom. The van der Waals surface area contributed by atoms with Gasteiger partial charge in [0, 0.05) is 19.4 Å². The second-order valence-corrected chi connectivity index (χ2v) is 2.92. The van der Waals surface area contributed by atoms with Crippen molar-refractivity contribution in [3.8, 4) is 0 Å². The quantitative estimate of drug-likeness (QED) is 0.700. The Labute approximate surface area is 89.6 Å². The van der Waals surface area contributed by atoms with Crippen LogP contribution >= 0.6 is 0 Å². The smallest absolute Gasteiger partial charge is 0.225 e. The molecule has 0 aliphatic carbocycles. The number of ether oxygens (including phenoxy) is 2. The first-order valence-corrected chi connectivity index (χ1v) is 5.03. The van der Waals surface area contributed by atoms with Crippen molar-refractivity contribution < 1.29 is 9.47 Å². The van der Waals surface area contributed by atoms with Crippen LogP contribution in [-0.2, 0) is 15.3 Å². The summed E-state index contributed by atoms with van der Waals surface area (Å²) < 4.78 is 11.1. The molecule has 0 radical (unpaired) electrons. The standard InChI is InChI=1S/C10H17N3O2/c1-3-14-10(7-11,15-4-2)9-5-6-12-8-13-9/h5-6,8H,3-4,7,11H2,1-2H3. The molecule has 0 bridgehead atoms. The second kappa shape index (κ2) is 5.75. The van der Waals surface area contributed by atoms with Crippen LogP contribution in [0.25, 0.3) is 0 Å². The van der Waals surface area contributed by atoms with Crippen molar-refractivity contribution in [3.63, 3.8) is 0 Å². The zero-order chi connectivity index (χ0) is 11.1. The van der Waals surface area contributed by atoms with Gasteiger partial charge in [0.15, 0.2) is 0 Å². The van der Waals surface area contributed by atoms with Crippen LogP contribution in [0.3, 0.4) is 0 Å². The molecule has 0 aliphatic heterocycles. The molecule has 0 fully saturated rings. The number of aromatic nitrogens is 2. The van der Waals surface area contributed by atoms with Gasteiger partial charge in [0.05, 0.1) is 6.54 Å². The lowest BCUT2D eigenvalue weighted by atomic mass is 10.2. The maximum Gasteiger partial charge on any atom is 0.225 e. The zero-order valence-electron chi connectivity index (χ0n) is 9.14. The summed E-state index contributed by atoms with van der Waals surface area (Å²) in [6, 6.07) is 1.75. The van der Waals surface area contributed by atoms with Gasteiger partial charge in [-0.05, 0) is 19.9 Å². The van der Waals surface area contributed by atoms with E-state index in [9.17, 15) is 0 Å². The van der Waals surface area contributed by atoms with Gasteiger partial charge in [-0.25, -0.2) is 9.97 Å². The first-order valence-electron chi connectivity index (χ1n) is 5.03. The molecule has 1 rings (SSSR count). The molecule has 15 heavy (non-hydrogen) atoms. The van der Waals surface area contributed by atoms with Gasteiger partial charge in [-0.1, -0.05) is 0 Å². The molecular weight excluding hydrogens is 194 g/mol. The molecule has 1 aromatic heterocycles. The van der Waals surface area contributed by atoms with E-state index in [1.165, 1.54) is 6.33 Å². The Balaban J connectivity index is 2.97. The summed E-state index contributed by atoms with van der Waals surface area (Å²) in [7, 11) is 0. The van der Waals surface area contributed by atoms with Crippen LogP contribution in [0.2, 0.25) is 0 Å². The van der Waals surface area contributed by atoms with E-state index in [0.717, 1.165) is 0 Å². The molecule has 0 saturated heterocycles. The third-order valence-electron chi connectivity index (χ3n) is 2.00. The lowest BCUT2D eigenvalue weighted by molar-refractivity contribution is -0.237. The number of nitrogens with two attached hydrogens (primary N) is 1. The number of nitrogens with zero attached hydrogens (tertiary/aromatic N) is 2. The van der Waals surface area contributed by atoms with Gasteiger partial charge in [-0.3, -0.25) is 0 Å². The van der Waals surface area contributed by atoms with Gasteiger partial charge in [0.2, 0.25) is 5.79 Å². The minimum atomic E-state index is -0.938. The minimum Gasteiger partial charge on any atom is -0.344 e. The fraction of sp³-hybridized carbons (Fsp3) is 0.600. The number of hydrogen-bond acceptors (Lipinski definition) is 5. The molecule has 5 heteroatoms. The van der Waals surface area contributed by atoms with E-state index in [2.05, 4.69) is 9.97 Å². The molecule has 0 aromatic carbocycles. The van der Waals surface area contributed by atoms with E-state index in [0.29, 0.717) is 18.9 Å². The van der Waals surface area contributed by atoms with Crippen LogP contribution in [0.1, 0.15) is 19.5 Å². The predicted molar refractivity (Wildman–Crippen MR) is 56.0 cm³/mol. The summed E-state index contributed by atoms with van der Waals surface area (Å²) in [5.74, 6) is -0.938. The Morgan fingerprint density at radius 2 is 2.00 bits per heavy atom. The molecule has 2 N–H and O–H groups in total. The Morgan fingerprint density at radius 1 is 1.33 bits per heavy atom. The molecule has 0 aliphatic rings. The molecule has 84 valence electrons. The molecule has 0 spiro atoms. The van der Waals surface area contributed by atoms with E-state index in [4.69, 9.17) is 15.2 Å². The summed E-state index contributed by atoms with van der Waals surface area (Å²) >= 11 is 0. The highest BCUT2D eigenvalue weighted by atomic mass is 16.7. The third kappa shape index (κ3) is 2.71. The molecule has 0 saturated carbocycles. The molecule has 5 nitrogen and oxygen atoms in total. The molecule has 0 unspecified atom stereocenters. The van der Waals surface area contributed by atoms with Crippen molar-refractivity contribution in [2.45, 2.75) is 19.6 Å². The van der Waals surface area contributed by atoms with E-state index in [1.54, 1.807) is 12.3 Å². The SMILES string of the molecule is CCOC(CN)(OCC)c1ccncn1. The first kappa shape index (κ1) is 12.0. The highest BCUT2D eigenvalue weighted by Crippen LogP contribution is 2.23. The third-order valence-corrected chi connectivity index (χ3v) is 2.00. The summed E-state index contributed by atoms with van der Waals surface area (Å²) in [5, 5.41) is 0. The van der Waals surface area contributed by atoms with Gasteiger partial charge in [-0.2, -0.15) is 0 Å². The molecule has 0 atom stereocenters. The van der Waals surface area contributed by atoms with Crippen LogP contribution < -0.4 is 5.73 Å². The fourth-order valence-electron chi connectivity index (χ4n) is 1.39. The maximum absolute atomic E-state index is 5.70. The minimum absolute atomic E-state index is 0.228. The fourth-order valence-corrected chi connectivity index (χ4v) is 1.39. The molecular formula is C10H17N3O2. The lowest BCUT2D eigenvalue weighted by Gasteiger charge is -2.30. The van der Waals surface area contributed by atoms with Crippen molar-refractivity contribution in [1.82, 2.24) is 9.97 Å². The number of rotatable bonds is 6. The van der Waals surface area contributed by atoms with Gasteiger partial charge in [0.25, 0.3) is 0 Å². The lowest BCUT2D eigenvalue weighted by Crippen LogP contribution is -2.41. The molecule has 0 amide bonds. The largest absolute Gasteiger partial charge is 0.344 e. The van der Waals surface area contributed by atoms with E-state index in [-0.39, 0.29) is 6.54 Å². The van der Waals surface area contributed by atoms with Crippen LogP contribution in [0.4, 0.5) is 0 Å². The summed E-state index contributed by atoms with van der Waals surface area (Å²) in [4.78, 5) is 7.97. The van der Waals surface area contributed by atoms with Gasteiger partial charge < -0.3 is 15.2 Å². The van der Waals surface area contributed by atoms with E-state index < -0.39 is 5.79 Å². The van der Waals surface area contributed by atoms with E-state index in [1.807, 2.05) is 13.8 Å². The van der Waals surface area contributed by atoms with Crippen LogP contribution in [-0.4, -0.2) is 29.7 Å². The molecule has 1 heterocycles. The highest BCUT2D eigenvalue weighted by Gasteiger charge is 2.33. The average molecular weight is 211 g/mol. The normalized spacial score (nSPS) is 11.7. The Hall–Kier alpha value is -1.04. The van der Waals surface area contributed by atoms with Crippen molar-refractivity contribution in [2.24, 2.45) is 5.73 Å². The summed E-state index contributed by atoms with van der Waals surface area (Å²) in [5.41, 5.74) is 6.36. The topological polar surface area (TPSA) is 70.3 Å². The Bertz CT molecular complexity index is 273.